The highest BCUT2D eigenvalue weighted by molar-refractivity contribution is 5.90. The highest BCUT2D eigenvalue weighted by atomic mass is 16.3. The van der Waals surface area contributed by atoms with Crippen molar-refractivity contribution in [1.29, 1.82) is 0 Å². The Hall–Kier alpha value is -1.88. The number of aliphatic hydroxyl groups is 1. The van der Waals surface area contributed by atoms with Gasteiger partial charge in [-0.05, 0) is 30.5 Å². The second-order valence-electron chi connectivity index (χ2n) is 4.28. The molecule has 0 saturated carbocycles. The van der Waals surface area contributed by atoms with Crippen molar-refractivity contribution in [3.05, 3.63) is 29.8 Å². The van der Waals surface area contributed by atoms with E-state index in [1.807, 2.05) is 12.1 Å². The van der Waals surface area contributed by atoms with E-state index in [0.717, 1.165) is 11.3 Å². The standard InChI is InChI=1S/C14H20N2O3/c1-15-14(19)10-11-5-7-12(8-6-11)16-13(18)4-2-3-9-17/h5-8,17H,2-4,9-10H2,1H3,(H,15,19)(H,16,18). The number of anilines is 1. The van der Waals surface area contributed by atoms with Crippen LogP contribution in [0.3, 0.4) is 0 Å². The van der Waals surface area contributed by atoms with Crippen molar-refractivity contribution in [3.63, 3.8) is 0 Å². The summed E-state index contributed by atoms with van der Waals surface area (Å²) in [5, 5.41) is 14.0. The van der Waals surface area contributed by atoms with E-state index in [1.54, 1.807) is 19.2 Å². The minimum Gasteiger partial charge on any atom is -0.396 e. The first-order valence-corrected chi connectivity index (χ1v) is 6.36. The minimum absolute atomic E-state index is 0.0409. The van der Waals surface area contributed by atoms with Gasteiger partial charge in [0.05, 0.1) is 6.42 Å². The van der Waals surface area contributed by atoms with Crippen LogP contribution in [0.25, 0.3) is 0 Å². The van der Waals surface area contributed by atoms with Gasteiger partial charge in [-0.25, -0.2) is 0 Å². The van der Waals surface area contributed by atoms with Crippen molar-refractivity contribution in [1.82, 2.24) is 5.32 Å². The van der Waals surface area contributed by atoms with E-state index < -0.39 is 0 Å². The second-order valence-corrected chi connectivity index (χ2v) is 4.28. The van der Waals surface area contributed by atoms with Crippen molar-refractivity contribution in [2.24, 2.45) is 0 Å². The number of hydrogen-bond acceptors (Lipinski definition) is 3. The van der Waals surface area contributed by atoms with Crippen LogP contribution >= 0.6 is 0 Å². The van der Waals surface area contributed by atoms with Crippen molar-refractivity contribution in [2.75, 3.05) is 19.0 Å². The van der Waals surface area contributed by atoms with Gasteiger partial charge in [0.15, 0.2) is 0 Å². The predicted octanol–water partition coefficient (Wildman–Crippen LogP) is 1.08. The number of aliphatic hydroxyl groups excluding tert-OH is 1. The Morgan fingerprint density at radius 3 is 2.37 bits per heavy atom. The molecule has 19 heavy (non-hydrogen) atoms. The smallest absolute Gasteiger partial charge is 0.224 e. The molecule has 5 nitrogen and oxygen atoms in total. The van der Waals surface area contributed by atoms with E-state index in [0.29, 0.717) is 25.7 Å². The summed E-state index contributed by atoms with van der Waals surface area (Å²) in [7, 11) is 1.60. The molecule has 0 heterocycles. The average Bonchev–Trinajstić information content (AvgIpc) is 2.41. The predicted molar refractivity (Wildman–Crippen MR) is 73.8 cm³/mol. The Morgan fingerprint density at radius 2 is 1.79 bits per heavy atom. The normalized spacial score (nSPS) is 10.0. The summed E-state index contributed by atoms with van der Waals surface area (Å²) >= 11 is 0. The number of unbranched alkanes of at least 4 members (excludes halogenated alkanes) is 1. The van der Waals surface area contributed by atoms with Gasteiger partial charge in [0.2, 0.25) is 11.8 Å². The van der Waals surface area contributed by atoms with Crippen LogP contribution < -0.4 is 10.6 Å². The third-order valence-corrected chi connectivity index (χ3v) is 2.69. The topological polar surface area (TPSA) is 78.4 Å². The molecule has 0 unspecified atom stereocenters. The number of carbonyl (C=O) groups is 2. The Kier molecular flexibility index (Phi) is 6.60. The lowest BCUT2D eigenvalue weighted by Gasteiger charge is -2.06. The molecule has 0 fully saturated rings. The lowest BCUT2D eigenvalue weighted by Crippen LogP contribution is -2.19. The number of hydrogen-bond donors (Lipinski definition) is 3. The highest BCUT2D eigenvalue weighted by Crippen LogP contribution is 2.11. The first kappa shape index (κ1) is 15.2. The highest BCUT2D eigenvalue weighted by Gasteiger charge is 2.03. The molecule has 1 aromatic rings. The maximum atomic E-state index is 11.5. The Bertz CT molecular complexity index is 415. The fraction of sp³-hybridized carbons (Fsp3) is 0.429. The number of likely N-dealkylation sites (N-methyl/N-ethyl adjacent to an activating group) is 1. The SMILES string of the molecule is CNC(=O)Cc1ccc(NC(=O)CCCCO)cc1. The molecule has 104 valence electrons. The summed E-state index contributed by atoms with van der Waals surface area (Å²) < 4.78 is 0. The van der Waals surface area contributed by atoms with Crippen LogP contribution in [-0.2, 0) is 16.0 Å². The molecule has 0 bridgehead atoms. The third kappa shape index (κ3) is 6.01. The van der Waals surface area contributed by atoms with Crippen molar-refractivity contribution < 1.29 is 14.7 Å². The van der Waals surface area contributed by atoms with E-state index in [4.69, 9.17) is 5.11 Å². The fourth-order valence-corrected chi connectivity index (χ4v) is 1.60. The van der Waals surface area contributed by atoms with Crippen LogP contribution in [0.4, 0.5) is 5.69 Å². The largest absolute Gasteiger partial charge is 0.396 e. The summed E-state index contributed by atoms with van der Waals surface area (Å²) in [6.07, 6.45) is 2.05. The second kappa shape index (κ2) is 8.26. The maximum absolute atomic E-state index is 11.5. The number of amides is 2. The zero-order valence-corrected chi connectivity index (χ0v) is 11.1. The monoisotopic (exact) mass is 264 g/mol. The van der Waals surface area contributed by atoms with Gasteiger partial charge in [-0.1, -0.05) is 12.1 Å². The zero-order chi connectivity index (χ0) is 14.1. The quantitative estimate of drug-likeness (QED) is 0.645. The van der Waals surface area contributed by atoms with Crippen molar-refractivity contribution >= 4 is 17.5 Å². The fourth-order valence-electron chi connectivity index (χ4n) is 1.60. The van der Waals surface area contributed by atoms with E-state index in [9.17, 15) is 9.59 Å². The lowest BCUT2D eigenvalue weighted by molar-refractivity contribution is -0.120. The molecular formula is C14H20N2O3. The Morgan fingerprint density at radius 1 is 1.11 bits per heavy atom. The lowest BCUT2D eigenvalue weighted by atomic mass is 10.1. The third-order valence-electron chi connectivity index (χ3n) is 2.69. The number of nitrogens with one attached hydrogen (secondary N) is 2. The molecule has 0 saturated heterocycles. The molecule has 0 aliphatic carbocycles. The molecule has 0 aliphatic heterocycles. The number of benzene rings is 1. The van der Waals surface area contributed by atoms with Crippen molar-refractivity contribution in [2.45, 2.75) is 25.7 Å². The molecule has 0 atom stereocenters. The molecular weight excluding hydrogens is 244 g/mol. The zero-order valence-electron chi connectivity index (χ0n) is 11.1. The Balaban J connectivity index is 2.43. The van der Waals surface area contributed by atoms with Gasteiger partial charge >= 0.3 is 0 Å². The van der Waals surface area contributed by atoms with E-state index in [1.165, 1.54) is 0 Å². The first-order valence-electron chi connectivity index (χ1n) is 6.36. The molecule has 1 aromatic carbocycles. The summed E-state index contributed by atoms with van der Waals surface area (Å²) in [6.45, 7) is 0.113. The maximum Gasteiger partial charge on any atom is 0.224 e. The number of rotatable bonds is 7. The summed E-state index contributed by atoms with van der Waals surface area (Å²) in [6, 6.07) is 7.20. The van der Waals surface area contributed by atoms with Crippen LogP contribution in [-0.4, -0.2) is 30.6 Å². The first-order chi connectivity index (χ1) is 9.15. The Labute approximate surface area is 113 Å². The van der Waals surface area contributed by atoms with Crippen LogP contribution in [0.15, 0.2) is 24.3 Å². The van der Waals surface area contributed by atoms with Gasteiger partial charge in [0, 0.05) is 25.8 Å². The van der Waals surface area contributed by atoms with E-state index in [2.05, 4.69) is 10.6 Å². The van der Waals surface area contributed by atoms with E-state index >= 15 is 0 Å². The van der Waals surface area contributed by atoms with Gasteiger partial charge in [-0.2, -0.15) is 0 Å². The average molecular weight is 264 g/mol. The van der Waals surface area contributed by atoms with Gasteiger partial charge in [-0.15, -0.1) is 0 Å². The molecule has 0 radical (unpaired) electrons. The number of carbonyl (C=O) groups excluding carboxylic acids is 2. The van der Waals surface area contributed by atoms with Crippen LogP contribution in [0, 0.1) is 0 Å². The molecule has 5 heteroatoms. The van der Waals surface area contributed by atoms with Crippen LogP contribution in [0.1, 0.15) is 24.8 Å². The van der Waals surface area contributed by atoms with Gasteiger partial charge in [0.1, 0.15) is 0 Å². The van der Waals surface area contributed by atoms with Crippen molar-refractivity contribution in [3.8, 4) is 0 Å². The summed E-state index contributed by atoms with van der Waals surface area (Å²) in [5.74, 6) is -0.103. The molecule has 2 amide bonds. The minimum atomic E-state index is -0.0625. The molecule has 1 rings (SSSR count). The van der Waals surface area contributed by atoms with Gasteiger partial charge in [0.25, 0.3) is 0 Å². The van der Waals surface area contributed by atoms with Crippen LogP contribution in [0.2, 0.25) is 0 Å². The summed E-state index contributed by atoms with van der Waals surface area (Å²) in [4.78, 5) is 22.7. The van der Waals surface area contributed by atoms with E-state index in [-0.39, 0.29) is 18.4 Å². The van der Waals surface area contributed by atoms with Crippen LogP contribution in [0.5, 0.6) is 0 Å². The summed E-state index contributed by atoms with van der Waals surface area (Å²) in [5.41, 5.74) is 1.62. The van der Waals surface area contributed by atoms with Gasteiger partial charge in [-0.3, -0.25) is 9.59 Å². The molecule has 0 aliphatic rings. The molecule has 3 N–H and O–H groups in total. The molecule has 0 aromatic heterocycles. The molecule has 0 spiro atoms. The van der Waals surface area contributed by atoms with Gasteiger partial charge < -0.3 is 15.7 Å².